The first-order valence-electron chi connectivity index (χ1n) is 5.13. The molecule has 18 heavy (non-hydrogen) atoms. The molecule has 0 amide bonds. The summed E-state index contributed by atoms with van der Waals surface area (Å²) < 4.78 is 22.2. The van der Waals surface area contributed by atoms with Crippen LogP contribution in [0.5, 0.6) is 0 Å². The van der Waals surface area contributed by atoms with Crippen LogP contribution in [0, 0.1) is 6.92 Å². The summed E-state index contributed by atoms with van der Waals surface area (Å²) in [5.41, 5.74) is 1.64. The average molecular weight is 284 g/mol. The molecule has 0 spiro atoms. The van der Waals surface area contributed by atoms with E-state index in [4.69, 9.17) is 10.7 Å². The molecule has 0 atom stereocenters. The Hall–Kier alpha value is -1.59. The molecule has 94 valence electrons. The number of aromatic nitrogens is 1. The van der Waals surface area contributed by atoms with Crippen molar-refractivity contribution in [3.8, 4) is 0 Å². The highest BCUT2D eigenvalue weighted by Gasteiger charge is 2.17. The molecule has 0 saturated carbocycles. The van der Waals surface area contributed by atoms with Gasteiger partial charge < -0.3 is 4.98 Å². The van der Waals surface area contributed by atoms with E-state index in [-0.39, 0.29) is 16.4 Å². The van der Waals surface area contributed by atoms with Crippen LogP contribution >= 0.6 is 10.7 Å². The van der Waals surface area contributed by atoms with Crippen molar-refractivity contribution in [2.75, 3.05) is 0 Å². The van der Waals surface area contributed by atoms with Crippen LogP contribution in [0.25, 0.3) is 0 Å². The summed E-state index contributed by atoms with van der Waals surface area (Å²) in [5, 5.41) is -0.180. The van der Waals surface area contributed by atoms with Gasteiger partial charge in [-0.3, -0.25) is 4.79 Å². The predicted molar refractivity (Wildman–Crippen MR) is 68.4 cm³/mol. The molecule has 0 aliphatic carbocycles. The van der Waals surface area contributed by atoms with Gasteiger partial charge in [0.2, 0.25) is 0 Å². The molecule has 2 aromatic rings. The fourth-order valence-electron chi connectivity index (χ4n) is 1.63. The van der Waals surface area contributed by atoms with Crippen molar-refractivity contribution in [2.45, 2.75) is 11.9 Å². The second-order valence-electron chi connectivity index (χ2n) is 3.83. The SMILES string of the molecule is Cc1ccccc1C(=O)c1c[nH]c(S(=O)(=O)Cl)c1. The summed E-state index contributed by atoms with van der Waals surface area (Å²) in [7, 11) is 1.34. The summed E-state index contributed by atoms with van der Waals surface area (Å²) in [6.07, 6.45) is 1.34. The second-order valence-corrected chi connectivity index (χ2v) is 6.37. The van der Waals surface area contributed by atoms with E-state index in [1.807, 2.05) is 19.1 Å². The van der Waals surface area contributed by atoms with E-state index in [0.717, 1.165) is 5.56 Å². The first-order chi connectivity index (χ1) is 8.39. The molecular weight excluding hydrogens is 274 g/mol. The Labute approximate surface area is 109 Å². The minimum absolute atomic E-state index is 0.180. The van der Waals surface area contributed by atoms with E-state index >= 15 is 0 Å². The molecule has 2 rings (SSSR count). The lowest BCUT2D eigenvalue weighted by molar-refractivity contribution is 0.103. The van der Waals surface area contributed by atoms with Crippen LogP contribution in [0.2, 0.25) is 0 Å². The van der Waals surface area contributed by atoms with Crippen molar-refractivity contribution in [2.24, 2.45) is 0 Å². The quantitative estimate of drug-likeness (QED) is 0.695. The van der Waals surface area contributed by atoms with Gasteiger partial charge in [-0.05, 0) is 18.6 Å². The molecular formula is C12H10ClNO3S. The smallest absolute Gasteiger partial charge is 0.276 e. The van der Waals surface area contributed by atoms with Crippen molar-refractivity contribution in [1.82, 2.24) is 4.98 Å². The van der Waals surface area contributed by atoms with Crippen LogP contribution in [-0.4, -0.2) is 19.2 Å². The third-order valence-corrected chi connectivity index (χ3v) is 3.83. The maximum Gasteiger partial charge on any atom is 0.276 e. The van der Waals surface area contributed by atoms with Gasteiger partial charge in [0.1, 0.15) is 5.03 Å². The van der Waals surface area contributed by atoms with Crippen molar-refractivity contribution in [1.29, 1.82) is 0 Å². The molecule has 0 radical (unpaired) electrons. The van der Waals surface area contributed by atoms with Crippen LogP contribution in [-0.2, 0) is 9.05 Å². The number of halogens is 1. The van der Waals surface area contributed by atoms with Crippen LogP contribution in [0.15, 0.2) is 41.6 Å². The van der Waals surface area contributed by atoms with E-state index < -0.39 is 9.05 Å². The average Bonchev–Trinajstić information content (AvgIpc) is 2.77. The fourth-order valence-corrected chi connectivity index (χ4v) is 2.36. The van der Waals surface area contributed by atoms with Gasteiger partial charge in [0.05, 0.1) is 0 Å². The summed E-state index contributed by atoms with van der Waals surface area (Å²) in [6.45, 7) is 1.82. The third kappa shape index (κ3) is 2.47. The lowest BCUT2D eigenvalue weighted by Gasteiger charge is -2.01. The van der Waals surface area contributed by atoms with Crippen molar-refractivity contribution in [3.05, 3.63) is 53.2 Å². The number of aryl methyl sites for hydroxylation is 1. The minimum atomic E-state index is -3.84. The first kappa shape index (κ1) is 12.9. The van der Waals surface area contributed by atoms with Crippen molar-refractivity contribution < 1.29 is 13.2 Å². The van der Waals surface area contributed by atoms with E-state index in [2.05, 4.69) is 4.98 Å². The van der Waals surface area contributed by atoms with E-state index in [9.17, 15) is 13.2 Å². The monoisotopic (exact) mass is 283 g/mol. The van der Waals surface area contributed by atoms with Gasteiger partial charge >= 0.3 is 0 Å². The Balaban J connectivity index is 2.42. The largest absolute Gasteiger partial charge is 0.351 e. The zero-order chi connectivity index (χ0) is 13.3. The second kappa shape index (κ2) is 4.59. The Kier molecular flexibility index (Phi) is 3.28. The lowest BCUT2D eigenvalue weighted by atomic mass is 10.0. The molecule has 0 bridgehead atoms. The standard InChI is InChI=1S/C12H10ClNO3S/c1-8-4-2-3-5-10(8)12(15)9-6-11(14-7-9)18(13,16)17/h2-7,14H,1H3. The highest BCUT2D eigenvalue weighted by Crippen LogP contribution is 2.18. The van der Waals surface area contributed by atoms with E-state index in [0.29, 0.717) is 5.56 Å². The summed E-state index contributed by atoms with van der Waals surface area (Å²) in [5.74, 6) is -0.240. The van der Waals surface area contributed by atoms with Gasteiger partial charge in [0, 0.05) is 28.0 Å². The van der Waals surface area contributed by atoms with Crippen LogP contribution < -0.4 is 0 Å². The normalized spacial score (nSPS) is 11.4. The van der Waals surface area contributed by atoms with Gasteiger partial charge in [0.15, 0.2) is 5.78 Å². The summed E-state index contributed by atoms with van der Waals surface area (Å²) in [4.78, 5) is 14.6. The van der Waals surface area contributed by atoms with Crippen molar-refractivity contribution >= 4 is 25.5 Å². The molecule has 0 fully saturated rings. The molecule has 0 aliphatic rings. The number of ketones is 1. The van der Waals surface area contributed by atoms with Gasteiger partial charge in [0.25, 0.3) is 9.05 Å². The minimum Gasteiger partial charge on any atom is -0.351 e. The van der Waals surface area contributed by atoms with Gasteiger partial charge in [-0.15, -0.1) is 0 Å². The maximum absolute atomic E-state index is 12.1. The molecule has 6 heteroatoms. The third-order valence-electron chi connectivity index (χ3n) is 2.57. The topological polar surface area (TPSA) is 67.0 Å². The van der Waals surface area contributed by atoms with Gasteiger partial charge in [-0.2, -0.15) is 0 Å². The van der Waals surface area contributed by atoms with Gasteiger partial charge in [-0.25, -0.2) is 8.42 Å². The van der Waals surface area contributed by atoms with Crippen LogP contribution in [0.4, 0.5) is 0 Å². The van der Waals surface area contributed by atoms with E-state index in [1.54, 1.807) is 12.1 Å². The molecule has 1 N–H and O–H groups in total. The zero-order valence-electron chi connectivity index (χ0n) is 9.48. The summed E-state index contributed by atoms with van der Waals surface area (Å²) in [6, 6.07) is 8.33. The maximum atomic E-state index is 12.1. The Morgan fingerprint density at radius 2 is 1.94 bits per heavy atom. The Morgan fingerprint density at radius 3 is 2.50 bits per heavy atom. The number of hydrogen-bond acceptors (Lipinski definition) is 3. The first-order valence-corrected chi connectivity index (χ1v) is 7.44. The number of aromatic amines is 1. The number of hydrogen-bond donors (Lipinski definition) is 1. The van der Waals surface area contributed by atoms with Crippen LogP contribution in [0.1, 0.15) is 21.5 Å². The molecule has 1 aromatic heterocycles. The van der Waals surface area contributed by atoms with E-state index in [1.165, 1.54) is 12.3 Å². The molecule has 1 heterocycles. The summed E-state index contributed by atoms with van der Waals surface area (Å²) >= 11 is 0. The van der Waals surface area contributed by atoms with Crippen LogP contribution in [0.3, 0.4) is 0 Å². The number of nitrogens with one attached hydrogen (secondary N) is 1. The molecule has 1 aromatic carbocycles. The number of rotatable bonds is 3. The number of H-pyrrole nitrogens is 1. The zero-order valence-corrected chi connectivity index (χ0v) is 11.0. The molecule has 0 saturated heterocycles. The highest BCUT2D eigenvalue weighted by molar-refractivity contribution is 8.13. The molecule has 0 unspecified atom stereocenters. The predicted octanol–water partition coefficient (Wildman–Crippen LogP) is 2.48. The lowest BCUT2D eigenvalue weighted by Crippen LogP contribution is -2.01. The highest BCUT2D eigenvalue weighted by atomic mass is 35.7. The Morgan fingerprint density at radius 1 is 1.28 bits per heavy atom. The van der Waals surface area contributed by atoms with Crippen molar-refractivity contribution in [3.63, 3.8) is 0 Å². The molecule has 0 aliphatic heterocycles. The van der Waals surface area contributed by atoms with Gasteiger partial charge in [-0.1, -0.05) is 24.3 Å². The number of carbonyl (C=O) groups excluding carboxylic acids is 1. The molecule has 4 nitrogen and oxygen atoms in total. The number of carbonyl (C=O) groups is 1. The number of benzene rings is 1. The fraction of sp³-hybridized carbons (Fsp3) is 0.0833. The Bertz CT molecular complexity index is 704.